The molecule has 0 radical (unpaired) electrons. The van der Waals surface area contributed by atoms with Gasteiger partial charge in [-0.15, -0.1) is 0 Å². The van der Waals surface area contributed by atoms with Gasteiger partial charge in [-0.3, -0.25) is 0 Å². The molecule has 0 aliphatic carbocycles. The molecule has 1 atom stereocenters. The second-order valence-corrected chi connectivity index (χ2v) is 5.98. The van der Waals surface area contributed by atoms with Crippen LogP contribution >= 0.6 is 15.9 Å². The molecule has 0 aliphatic rings. The Bertz CT molecular complexity index is 622. The van der Waals surface area contributed by atoms with E-state index in [2.05, 4.69) is 21.2 Å². The molecule has 3 nitrogen and oxygen atoms in total. The van der Waals surface area contributed by atoms with Crippen molar-refractivity contribution in [3.63, 3.8) is 0 Å². The Labute approximate surface area is 133 Å². The van der Waals surface area contributed by atoms with Crippen LogP contribution in [0.1, 0.15) is 24.5 Å². The van der Waals surface area contributed by atoms with Gasteiger partial charge in [0.25, 0.3) is 0 Å². The van der Waals surface area contributed by atoms with E-state index in [1.165, 1.54) is 0 Å². The minimum atomic E-state index is -1.13. The first-order chi connectivity index (χ1) is 9.98. The number of hydrogen-bond donors (Lipinski definition) is 2. The summed E-state index contributed by atoms with van der Waals surface area (Å²) in [4.78, 5) is 11.9. The van der Waals surface area contributed by atoms with Gasteiger partial charge in [-0.25, -0.2) is 4.79 Å². The van der Waals surface area contributed by atoms with Crippen LogP contribution in [0.2, 0.25) is 0 Å². The highest BCUT2D eigenvalue weighted by atomic mass is 79.9. The zero-order chi connectivity index (χ0) is 15.5. The first kappa shape index (κ1) is 15.6. The van der Waals surface area contributed by atoms with Crippen molar-refractivity contribution in [1.29, 1.82) is 0 Å². The van der Waals surface area contributed by atoms with Crippen LogP contribution in [0.4, 0.5) is 5.69 Å². The van der Waals surface area contributed by atoms with Gasteiger partial charge < -0.3 is 10.4 Å². The van der Waals surface area contributed by atoms with Crippen molar-refractivity contribution in [3.8, 4) is 0 Å². The van der Waals surface area contributed by atoms with Crippen LogP contribution in [-0.4, -0.2) is 11.1 Å². The van der Waals surface area contributed by atoms with Crippen LogP contribution in [-0.2, 0) is 10.3 Å². The summed E-state index contributed by atoms with van der Waals surface area (Å²) in [6, 6.07) is 15.1. The number of halogens is 1. The maximum atomic E-state index is 11.9. The normalized spacial score (nSPS) is 13.5. The first-order valence-electron chi connectivity index (χ1n) is 6.82. The number of hydrogen-bond acceptors (Lipinski definition) is 2. The number of anilines is 1. The van der Waals surface area contributed by atoms with E-state index in [4.69, 9.17) is 0 Å². The molecule has 2 rings (SSSR count). The summed E-state index contributed by atoms with van der Waals surface area (Å²) < 4.78 is 0.928. The minimum Gasteiger partial charge on any atom is -0.479 e. The predicted molar refractivity (Wildman–Crippen MR) is 88.5 cm³/mol. The molecular weight excluding hydrogens is 330 g/mol. The van der Waals surface area contributed by atoms with Crippen molar-refractivity contribution in [1.82, 2.24) is 0 Å². The molecule has 2 N–H and O–H groups in total. The van der Waals surface area contributed by atoms with Gasteiger partial charge in [-0.05, 0) is 43.2 Å². The highest BCUT2D eigenvalue weighted by Gasteiger charge is 2.38. The molecule has 0 aromatic heterocycles. The summed E-state index contributed by atoms with van der Waals surface area (Å²) in [6.07, 6.45) is 0.442. The van der Waals surface area contributed by atoms with Crippen LogP contribution in [0.15, 0.2) is 53.0 Å². The van der Waals surface area contributed by atoms with E-state index in [9.17, 15) is 9.90 Å². The molecule has 0 bridgehead atoms. The van der Waals surface area contributed by atoms with E-state index >= 15 is 0 Å². The summed E-state index contributed by atoms with van der Waals surface area (Å²) in [5.41, 5.74) is 1.55. The van der Waals surface area contributed by atoms with Gasteiger partial charge in [0.2, 0.25) is 0 Å². The second-order valence-electron chi connectivity index (χ2n) is 5.06. The molecule has 0 fully saturated rings. The number of benzene rings is 2. The zero-order valence-electron chi connectivity index (χ0n) is 12.1. The van der Waals surface area contributed by atoms with E-state index in [1.807, 2.05) is 62.4 Å². The average molecular weight is 348 g/mol. The number of carboxylic acids is 1. The Kier molecular flexibility index (Phi) is 4.68. The van der Waals surface area contributed by atoms with E-state index in [0.717, 1.165) is 21.3 Å². The second kappa shape index (κ2) is 6.31. The zero-order valence-corrected chi connectivity index (χ0v) is 13.6. The van der Waals surface area contributed by atoms with Crippen LogP contribution in [0, 0.1) is 6.92 Å². The van der Waals surface area contributed by atoms with E-state index in [-0.39, 0.29) is 0 Å². The third kappa shape index (κ3) is 3.27. The fourth-order valence-electron chi connectivity index (χ4n) is 2.31. The van der Waals surface area contributed by atoms with Crippen molar-refractivity contribution in [2.45, 2.75) is 25.8 Å². The lowest BCUT2D eigenvalue weighted by Gasteiger charge is -2.31. The Balaban J connectivity index is 2.44. The van der Waals surface area contributed by atoms with Gasteiger partial charge in [0.1, 0.15) is 0 Å². The average Bonchev–Trinajstić information content (AvgIpc) is 2.47. The highest BCUT2D eigenvalue weighted by molar-refractivity contribution is 9.10. The molecule has 2 aromatic carbocycles. The molecule has 0 amide bonds. The molecule has 0 spiro atoms. The summed E-state index contributed by atoms with van der Waals surface area (Å²) >= 11 is 3.38. The number of aliphatic carboxylic acids is 1. The number of nitrogens with one attached hydrogen (secondary N) is 1. The molecule has 2 aromatic rings. The molecule has 0 heterocycles. The summed E-state index contributed by atoms with van der Waals surface area (Å²) in [6.45, 7) is 3.88. The first-order valence-corrected chi connectivity index (χ1v) is 7.61. The highest BCUT2D eigenvalue weighted by Crippen LogP contribution is 2.31. The Morgan fingerprint density at radius 3 is 2.19 bits per heavy atom. The molecular formula is C17H18BrNO2. The Morgan fingerprint density at radius 2 is 1.71 bits per heavy atom. The smallest absolute Gasteiger partial charge is 0.334 e. The van der Waals surface area contributed by atoms with Gasteiger partial charge in [0.15, 0.2) is 5.54 Å². The number of aryl methyl sites for hydroxylation is 1. The van der Waals surface area contributed by atoms with E-state index in [0.29, 0.717) is 6.42 Å². The van der Waals surface area contributed by atoms with Crippen molar-refractivity contribution in [3.05, 3.63) is 64.1 Å². The fourth-order valence-corrected chi connectivity index (χ4v) is 2.57. The van der Waals surface area contributed by atoms with Crippen molar-refractivity contribution in [2.24, 2.45) is 0 Å². The monoisotopic (exact) mass is 347 g/mol. The van der Waals surface area contributed by atoms with E-state index < -0.39 is 11.5 Å². The topological polar surface area (TPSA) is 49.3 Å². The lowest BCUT2D eigenvalue weighted by Crippen LogP contribution is -2.43. The van der Waals surface area contributed by atoms with Gasteiger partial charge in [0, 0.05) is 10.2 Å². The number of carbonyl (C=O) groups is 1. The van der Waals surface area contributed by atoms with Crippen LogP contribution < -0.4 is 5.32 Å². The molecule has 110 valence electrons. The molecule has 4 heteroatoms. The van der Waals surface area contributed by atoms with Gasteiger partial charge in [-0.2, -0.15) is 0 Å². The van der Waals surface area contributed by atoms with Crippen molar-refractivity contribution >= 4 is 27.6 Å². The summed E-state index contributed by atoms with van der Waals surface area (Å²) in [5.74, 6) is -0.882. The number of carboxylic acid groups (broad SMARTS) is 1. The third-order valence-corrected chi connectivity index (χ3v) is 4.17. The molecule has 0 saturated carbocycles. The molecule has 0 aliphatic heterocycles. The fraction of sp³-hybridized carbons (Fsp3) is 0.235. The van der Waals surface area contributed by atoms with Crippen LogP contribution in [0.5, 0.6) is 0 Å². The van der Waals surface area contributed by atoms with E-state index in [1.54, 1.807) is 0 Å². The quantitative estimate of drug-likeness (QED) is 0.833. The van der Waals surface area contributed by atoms with Gasteiger partial charge in [-0.1, -0.05) is 52.7 Å². The van der Waals surface area contributed by atoms with Crippen molar-refractivity contribution < 1.29 is 9.90 Å². The molecule has 1 unspecified atom stereocenters. The lowest BCUT2D eigenvalue weighted by molar-refractivity contribution is -0.142. The van der Waals surface area contributed by atoms with Gasteiger partial charge >= 0.3 is 5.97 Å². The minimum absolute atomic E-state index is 0.442. The van der Waals surface area contributed by atoms with Crippen LogP contribution in [0.25, 0.3) is 0 Å². The maximum Gasteiger partial charge on any atom is 0.334 e. The van der Waals surface area contributed by atoms with Gasteiger partial charge in [0.05, 0.1) is 0 Å². The standard InChI is InChI=1S/C17H18BrNO2/c1-3-17(16(20)21,13-6-8-14(18)9-7-13)19-15-10-4-12(2)5-11-15/h4-11,19H,3H2,1-2H3,(H,20,21). The SMILES string of the molecule is CCC(Nc1ccc(C)cc1)(C(=O)O)c1ccc(Br)cc1. The summed E-state index contributed by atoms with van der Waals surface area (Å²) in [5, 5.41) is 13.0. The number of rotatable bonds is 5. The van der Waals surface area contributed by atoms with Crippen molar-refractivity contribution in [2.75, 3.05) is 5.32 Å². The Morgan fingerprint density at radius 1 is 1.14 bits per heavy atom. The lowest BCUT2D eigenvalue weighted by atomic mass is 9.87. The predicted octanol–water partition coefficient (Wildman–Crippen LogP) is 4.56. The Hall–Kier alpha value is -1.81. The molecule has 0 saturated heterocycles. The largest absolute Gasteiger partial charge is 0.479 e. The third-order valence-electron chi connectivity index (χ3n) is 3.64. The maximum absolute atomic E-state index is 11.9. The summed E-state index contributed by atoms with van der Waals surface area (Å²) in [7, 11) is 0. The van der Waals surface area contributed by atoms with Crippen LogP contribution in [0.3, 0.4) is 0 Å². The molecule has 21 heavy (non-hydrogen) atoms.